The maximum atomic E-state index is 13.2. The third-order valence-corrected chi connectivity index (χ3v) is 7.04. The highest BCUT2D eigenvalue weighted by molar-refractivity contribution is 5.81. The number of hydrogen-bond acceptors (Lipinski definition) is 5. The summed E-state index contributed by atoms with van der Waals surface area (Å²) < 4.78 is 16.6. The molecule has 1 saturated carbocycles. The predicted octanol–water partition coefficient (Wildman–Crippen LogP) is 4.55. The van der Waals surface area contributed by atoms with Gasteiger partial charge < -0.3 is 13.9 Å². The summed E-state index contributed by atoms with van der Waals surface area (Å²) in [6.45, 7) is 5.76. The summed E-state index contributed by atoms with van der Waals surface area (Å²) in [6, 6.07) is 1.87. The number of ether oxygens (including phenoxy) is 2. The van der Waals surface area contributed by atoms with Crippen molar-refractivity contribution in [3.8, 4) is 0 Å². The lowest BCUT2D eigenvalue weighted by molar-refractivity contribution is -0.164. The van der Waals surface area contributed by atoms with E-state index in [0.717, 1.165) is 37.0 Å². The predicted molar refractivity (Wildman–Crippen MR) is 93.7 cm³/mol. The van der Waals surface area contributed by atoms with Crippen molar-refractivity contribution in [2.24, 2.45) is 22.7 Å². The molecule has 140 valence electrons. The topological polar surface area (TPSA) is 65.7 Å². The fourth-order valence-corrected chi connectivity index (χ4v) is 5.66. The van der Waals surface area contributed by atoms with Crippen molar-refractivity contribution < 1.29 is 23.5 Å². The Kier molecular flexibility index (Phi) is 4.01. The van der Waals surface area contributed by atoms with Gasteiger partial charge in [-0.25, -0.2) is 0 Å². The minimum Gasteiger partial charge on any atom is -0.472 e. The molecule has 5 heteroatoms. The molecular weight excluding hydrogens is 332 g/mol. The number of rotatable bonds is 2. The first kappa shape index (κ1) is 17.4. The number of furan rings is 1. The molecule has 0 amide bonds. The van der Waals surface area contributed by atoms with Crippen molar-refractivity contribution >= 4 is 11.9 Å². The lowest BCUT2D eigenvalue weighted by Gasteiger charge is -2.55. The molecule has 2 fully saturated rings. The van der Waals surface area contributed by atoms with Gasteiger partial charge in [0, 0.05) is 24.3 Å². The van der Waals surface area contributed by atoms with E-state index in [2.05, 4.69) is 13.8 Å². The van der Waals surface area contributed by atoms with E-state index in [9.17, 15) is 9.59 Å². The molecule has 1 aromatic heterocycles. The quantitative estimate of drug-likeness (QED) is 0.726. The van der Waals surface area contributed by atoms with Crippen molar-refractivity contribution in [1.29, 1.82) is 0 Å². The van der Waals surface area contributed by atoms with Gasteiger partial charge in [-0.3, -0.25) is 9.59 Å². The van der Waals surface area contributed by atoms with Gasteiger partial charge in [0.1, 0.15) is 11.9 Å². The van der Waals surface area contributed by atoms with Crippen molar-refractivity contribution in [2.45, 2.75) is 59.0 Å². The molecule has 4 rings (SSSR count). The van der Waals surface area contributed by atoms with Crippen molar-refractivity contribution in [3.63, 3.8) is 0 Å². The fourth-order valence-electron chi connectivity index (χ4n) is 5.66. The lowest BCUT2D eigenvalue weighted by atomic mass is 9.47. The number of carbonyl (C=O) groups is 2. The maximum absolute atomic E-state index is 13.2. The summed E-state index contributed by atoms with van der Waals surface area (Å²) in [5.41, 5.74) is 0.0799. The third-order valence-electron chi connectivity index (χ3n) is 7.04. The third kappa shape index (κ3) is 2.36. The lowest BCUT2D eigenvalue weighted by Crippen LogP contribution is -2.54. The summed E-state index contributed by atoms with van der Waals surface area (Å²) in [5, 5.41) is 0. The first-order chi connectivity index (χ1) is 12.4. The number of allylic oxidation sites excluding steroid dienone is 2. The molecule has 1 aromatic rings. The summed E-state index contributed by atoms with van der Waals surface area (Å²) in [7, 11) is 0. The molecule has 0 N–H and O–H groups in total. The van der Waals surface area contributed by atoms with Crippen LogP contribution in [-0.4, -0.2) is 11.9 Å². The average Bonchev–Trinajstić information content (AvgIpc) is 3.22. The Hall–Kier alpha value is -2.04. The Morgan fingerprint density at radius 2 is 2.15 bits per heavy atom. The molecule has 0 radical (unpaired) electrons. The van der Waals surface area contributed by atoms with E-state index in [0.29, 0.717) is 6.42 Å². The minimum absolute atomic E-state index is 0.101. The normalized spacial score (nSPS) is 39.3. The van der Waals surface area contributed by atoms with Gasteiger partial charge in [-0.05, 0) is 49.7 Å². The van der Waals surface area contributed by atoms with Crippen LogP contribution in [0.15, 0.2) is 34.8 Å². The van der Waals surface area contributed by atoms with E-state index in [1.165, 1.54) is 6.92 Å². The van der Waals surface area contributed by atoms with Gasteiger partial charge in [-0.15, -0.1) is 0 Å². The van der Waals surface area contributed by atoms with Crippen LogP contribution in [-0.2, 0) is 19.1 Å². The molecule has 1 spiro atoms. The fraction of sp³-hybridized carbons (Fsp3) is 0.619. The van der Waals surface area contributed by atoms with E-state index in [1.54, 1.807) is 12.5 Å². The van der Waals surface area contributed by atoms with Crippen LogP contribution >= 0.6 is 0 Å². The molecule has 5 nitrogen and oxygen atoms in total. The molecular formula is C21H26O5. The van der Waals surface area contributed by atoms with Crippen LogP contribution in [0.4, 0.5) is 0 Å². The Morgan fingerprint density at radius 3 is 2.85 bits per heavy atom. The summed E-state index contributed by atoms with van der Waals surface area (Å²) in [6.07, 6.45) is 9.30. The zero-order chi connectivity index (χ0) is 18.5. The minimum atomic E-state index is -0.533. The molecule has 3 aliphatic rings. The van der Waals surface area contributed by atoms with Crippen LogP contribution in [0.3, 0.4) is 0 Å². The van der Waals surface area contributed by atoms with Crippen LogP contribution in [0.2, 0.25) is 0 Å². The first-order valence-electron chi connectivity index (χ1n) is 9.50. The second-order valence-electron chi connectivity index (χ2n) is 8.34. The first-order valence-corrected chi connectivity index (χ1v) is 9.50. The molecule has 5 unspecified atom stereocenters. The van der Waals surface area contributed by atoms with E-state index in [-0.39, 0.29) is 35.3 Å². The SMILES string of the molecule is CC(=O)OC1=CCCC2C1(C)CCC(C)C21CC(c2ccoc2)OC1=O. The smallest absolute Gasteiger partial charge is 0.313 e. The van der Waals surface area contributed by atoms with E-state index < -0.39 is 5.41 Å². The molecule has 1 aliphatic heterocycles. The number of fused-ring (bicyclic) bond motifs is 2. The summed E-state index contributed by atoms with van der Waals surface area (Å²) >= 11 is 0. The standard InChI is InChI=1S/C21H26O5/c1-13-7-9-20(3)17(5-4-6-18(20)25-14(2)22)21(13)11-16(26-19(21)23)15-8-10-24-12-15/h6,8,10,12-13,16-17H,4-5,7,9,11H2,1-3H3. The highest BCUT2D eigenvalue weighted by atomic mass is 16.6. The maximum Gasteiger partial charge on any atom is 0.313 e. The number of carbonyl (C=O) groups excluding carboxylic acids is 2. The molecule has 2 aliphatic carbocycles. The Morgan fingerprint density at radius 1 is 1.35 bits per heavy atom. The number of cyclic esters (lactones) is 1. The molecule has 26 heavy (non-hydrogen) atoms. The summed E-state index contributed by atoms with van der Waals surface area (Å²) in [5.74, 6) is 0.698. The van der Waals surface area contributed by atoms with Crippen molar-refractivity contribution in [2.75, 3.05) is 0 Å². The van der Waals surface area contributed by atoms with Gasteiger partial charge in [-0.1, -0.05) is 13.8 Å². The van der Waals surface area contributed by atoms with Crippen LogP contribution in [0.25, 0.3) is 0 Å². The monoisotopic (exact) mass is 358 g/mol. The van der Waals surface area contributed by atoms with Crippen molar-refractivity contribution in [1.82, 2.24) is 0 Å². The van der Waals surface area contributed by atoms with Crippen LogP contribution in [0.5, 0.6) is 0 Å². The molecule has 0 bridgehead atoms. The molecule has 0 aromatic carbocycles. The largest absolute Gasteiger partial charge is 0.472 e. The Bertz CT molecular complexity index is 748. The van der Waals surface area contributed by atoms with Crippen molar-refractivity contribution in [3.05, 3.63) is 36.0 Å². The highest BCUT2D eigenvalue weighted by Gasteiger charge is 2.65. The average molecular weight is 358 g/mol. The Balaban J connectivity index is 1.73. The van der Waals surface area contributed by atoms with Gasteiger partial charge in [0.05, 0.1) is 17.9 Å². The van der Waals surface area contributed by atoms with E-state index in [1.807, 2.05) is 12.1 Å². The van der Waals surface area contributed by atoms with E-state index in [4.69, 9.17) is 13.9 Å². The van der Waals surface area contributed by atoms with Gasteiger partial charge >= 0.3 is 11.9 Å². The van der Waals surface area contributed by atoms with Crippen LogP contribution < -0.4 is 0 Å². The zero-order valence-electron chi connectivity index (χ0n) is 15.6. The van der Waals surface area contributed by atoms with Gasteiger partial charge in [0.15, 0.2) is 0 Å². The van der Waals surface area contributed by atoms with Gasteiger partial charge in [-0.2, -0.15) is 0 Å². The Labute approximate surface area is 153 Å². The molecule has 2 heterocycles. The van der Waals surface area contributed by atoms with Crippen LogP contribution in [0, 0.1) is 22.7 Å². The van der Waals surface area contributed by atoms with Gasteiger partial charge in [0.25, 0.3) is 0 Å². The molecule has 5 atom stereocenters. The van der Waals surface area contributed by atoms with E-state index >= 15 is 0 Å². The highest BCUT2D eigenvalue weighted by Crippen LogP contribution is 2.65. The van der Waals surface area contributed by atoms with Crippen LogP contribution in [0.1, 0.15) is 64.5 Å². The number of hydrogen-bond donors (Lipinski definition) is 0. The zero-order valence-corrected chi connectivity index (χ0v) is 15.6. The van der Waals surface area contributed by atoms with Gasteiger partial charge in [0.2, 0.25) is 0 Å². The second kappa shape index (κ2) is 6.00. The second-order valence-corrected chi connectivity index (χ2v) is 8.34. The number of esters is 2. The summed E-state index contributed by atoms with van der Waals surface area (Å²) in [4.78, 5) is 24.8. The molecule has 1 saturated heterocycles.